The number of anilines is 1. The molecule has 0 spiro atoms. The van der Waals surface area contributed by atoms with Crippen LogP contribution in [0, 0.1) is 0 Å². The van der Waals surface area contributed by atoms with Crippen molar-refractivity contribution >= 4 is 17.5 Å². The zero-order valence-electron chi connectivity index (χ0n) is 11.0. The van der Waals surface area contributed by atoms with Gasteiger partial charge in [0.1, 0.15) is 6.61 Å². The van der Waals surface area contributed by atoms with E-state index in [0.717, 1.165) is 21.8 Å². The van der Waals surface area contributed by atoms with E-state index in [1.165, 1.54) is 7.05 Å². The summed E-state index contributed by atoms with van der Waals surface area (Å²) in [4.78, 5) is 24.4. The molecule has 0 saturated heterocycles. The van der Waals surface area contributed by atoms with E-state index in [1.54, 1.807) is 11.9 Å². The van der Waals surface area contributed by atoms with Crippen LogP contribution in [0.5, 0.6) is 0 Å². The Balaban J connectivity index is 1.95. The monoisotopic (exact) mass is 263 g/mol. The van der Waals surface area contributed by atoms with Crippen LogP contribution in [0.3, 0.4) is 0 Å². The van der Waals surface area contributed by atoms with Crippen LogP contribution in [0.4, 0.5) is 5.69 Å². The minimum Gasteiger partial charge on any atom is -0.367 e. The predicted molar refractivity (Wildman–Crippen MR) is 70.2 cm³/mol. The average Bonchev–Trinajstić information content (AvgIpc) is 2.64. The highest BCUT2D eigenvalue weighted by Gasteiger charge is 2.23. The molecule has 2 amide bonds. The summed E-state index contributed by atoms with van der Waals surface area (Å²) < 4.78 is 5.29. The smallest absolute Gasteiger partial charge is 0.262 e. The van der Waals surface area contributed by atoms with E-state index in [2.05, 4.69) is 0 Å². The van der Waals surface area contributed by atoms with Crippen LogP contribution in [0.1, 0.15) is 11.1 Å². The van der Waals surface area contributed by atoms with Crippen LogP contribution >= 0.6 is 0 Å². The van der Waals surface area contributed by atoms with E-state index >= 15 is 0 Å². The molecule has 6 nitrogen and oxygen atoms in total. The lowest BCUT2D eigenvalue weighted by atomic mass is 10.1. The minimum atomic E-state index is -0.281. The van der Waals surface area contributed by atoms with Crippen LogP contribution in [0.2, 0.25) is 0 Å². The average molecular weight is 263 g/mol. The third-order valence-corrected chi connectivity index (χ3v) is 3.11. The van der Waals surface area contributed by atoms with Crippen LogP contribution < -0.4 is 10.7 Å². The zero-order chi connectivity index (χ0) is 14.0. The molecule has 2 rings (SSSR count). The molecule has 1 aromatic carbocycles. The number of amides is 2. The lowest BCUT2D eigenvalue weighted by molar-refractivity contribution is -0.135. The molecule has 6 heteroatoms. The number of benzene rings is 1. The molecule has 0 atom stereocenters. The van der Waals surface area contributed by atoms with Crippen molar-refractivity contribution in [2.24, 2.45) is 5.84 Å². The molecule has 1 heterocycles. The maximum absolute atomic E-state index is 11.6. The number of ether oxygens (including phenoxy) is 1. The lowest BCUT2D eigenvalue weighted by Gasteiger charge is -2.12. The normalized spacial score (nSPS) is 13.6. The van der Waals surface area contributed by atoms with Crippen molar-refractivity contribution < 1.29 is 14.3 Å². The van der Waals surface area contributed by atoms with Gasteiger partial charge in [0, 0.05) is 19.8 Å². The van der Waals surface area contributed by atoms with Gasteiger partial charge in [-0.05, 0) is 17.2 Å². The van der Waals surface area contributed by atoms with Crippen molar-refractivity contribution in [2.75, 3.05) is 25.6 Å². The Bertz CT molecular complexity index is 514. The molecule has 0 aliphatic carbocycles. The van der Waals surface area contributed by atoms with E-state index in [4.69, 9.17) is 10.6 Å². The number of carbonyl (C=O) groups excluding carboxylic acids is 2. The fourth-order valence-electron chi connectivity index (χ4n) is 1.97. The second kappa shape index (κ2) is 5.38. The number of rotatable bonds is 4. The third-order valence-electron chi connectivity index (χ3n) is 3.11. The summed E-state index contributed by atoms with van der Waals surface area (Å²) in [7, 11) is 3.24. The second-order valence-electron chi connectivity index (χ2n) is 4.59. The summed E-state index contributed by atoms with van der Waals surface area (Å²) in [6, 6.07) is 5.73. The molecule has 102 valence electrons. The summed E-state index contributed by atoms with van der Waals surface area (Å²) in [5.74, 6) is 5.09. The first kappa shape index (κ1) is 13.5. The van der Waals surface area contributed by atoms with E-state index in [9.17, 15) is 9.59 Å². The third kappa shape index (κ3) is 2.91. The second-order valence-corrected chi connectivity index (χ2v) is 4.59. The maximum Gasteiger partial charge on any atom is 0.262 e. The molecule has 1 aliphatic rings. The number of fused-ring (bicyclic) bond motifs is 1. The predicted octanol–water partition coefficient (Wildman–Crippen LogP) is 0.0542. The topological polar surface area (TPSA) is 75.9 Å². The molecule has 0 aromatic heterocycles. The van der Waals surface area contributed by atoms with Crippen molar-refractivity contribution in [2.45, 2.75) is 13.0 Å². The van der Waals surface area contributed by atoms with Gasteiger partial charge in [-0.2, -0.15) is 0 Å². The molecule has 0 radical (unpaired) electrons. The standard InChI is InChI=1S/C13H17N3O3/c1-15-11-4-3-9(5-10(11)6-12(15)17)7-19-8-13(18)16(2)14/h3-5H,6-8,14H2,1-2H3. The number of likely N-dealkylation sites (N-methyl/N-ethyl adjacent to an activating group) is 2. The van der Waals surface area contributed by atoms with Crippen LogP contribution in [0.25, 0.3) is 0 Å². The maximum atomic E-state index is 11.6. The summed E-state index contributed by atoms with van der Waals surface area (Å²) in [6.07, 6.45) is 0.421. The van der Waals surface area contributed by atoms with Crippen LogP contribution in [-0.4, -0.2) is 37.5 Å². The van der Waals surface area contributed by atoms with Crippen molar-refractivity contribution in [1.82, 2.24) is 5.01 Å². The first-order valence-electron chi connectivity index (χ1n) is 5.96. The Kier molecular flexibility index (Phi) is 3.82. The molecule has 1 aliphatic heterocycles. The summed E-state index contributed by atoms with van der Waals surface area (Å²) >= 11 is 0. The molecular formula is C13H17N3O3. The zero-order valence-corrected chi connectivity index (χ0v) is 11.0. The molecule has 0 fully saturated rings. The first-order valence-corrected chi connectivity index (χ1v) is 5.96. The molecule has 0 bridgehead atoms. The van der Waals surface area contributed by atoms with Gasteiger partial charge in [-0.15, -0.1) is 0 Å². The van der Waals surface area contributed by atoms with Gasteiger partial charge in [-0.25, -0.2) is 5.84 Å². The number of hydrogen-bond donors (Lipinski definition) is 1. The molecular weight excluding hydrogens is 246 g/mol. The summed E-state index contributed by atoms with van der Waals surface area (Å²) in [5, 5.41) is 0.996. The van der Waals surface area contributed by atoms with Crippen molar-refractivity contribution in [3.05, 3.63) is 29.3 Å². The number of hydrazine groups is 1. The van der Waals surface area contributed by atoms with Gasteiger partial charge in [-0.3, -0.25) is 14.6 Å². The molecule has 2 N–H and O–H groups in total. The lowest BCUT2D eigenvalue weighted by Crippen LogP contribution is -2.35. The Morgan fingerprint density at radius 2 is 2.26 bits per heavy atom. The first-order chi connectivity index (χ1) is 8.99. The van der Waals surface area contributed by atoms with Gasteiger partial charge < -0.3 is 9.64 Å². The fourth-order valence-corrected chi connectivity index (χ4v) is 1.97. The van der Waals surface area contributed by atoms with E-state index in [1.807, 2.05) is 18.2 Å². The van der Waals surface area contributed by atoms with Gasteiger partial charge in [0.2, 0.25) is 5.91 Å². The Morgan fingerprint density at radius 3 is 2.95 bits per heavy atom. The minimum absolute atomic E-state index is 0.0527. The molecule has 19 heavy (non-hydrogen) atoms. The molecule has 1 aromatic rings. The summed E-state index contributed by atoms with van der Waals surface area (Å²) in [5.41, 5.74) is 2.87. The number of hydrogen-bond acceptors (Lipinski definition) is 4. The fraction of sp³-hybridized carbons (Fsp3) is 0.385. The van der Waals surface area contributed by atoms with Crippen LogP contribution in [-0.2, 0) is 27.4 Å². The molecule has 0 unspecified atom stereocenters. The van der Waals surface area contributed by atoms with Gasteiger partial charge >= 0.3 is 0 Å². The number of carbonyl (C=O) groups is 2. The van der Waals surface area contributed by atoms with Crippen LogP contribution in [0.15, 0.2) is 18.2 Å². The summed E-state index contributed by atoms with van der Waals surface area (Å²) in [6.45, 7) is 0.272. The number of nitrogens with two attached hydrogens (primary N) is 1. The quantitative estimate of drug-likeness (QED) is 0.473. The van der Waals surface area contributed by atoms with Crippen molar-refractivity contribution in [3.63, 3.8) is 0 Å². The van der Waals surface area contributed by atoms with E-state index in [-0.39, 0.29) is 18.4 Å². The highest BCUT2D eigenvalue weighted by Crippen LogP contribution is 2.28. The van der Waals surface area contributed by atoms with Gasteiger partial charge in [-0.1, -0.05) is 12.1 Å². The van der Waals surface area contributed by atoms with E-state index < -0.39 is 0 Å². The SMILES string of the molecule is CN(N)C(=O)COCc1ccc2c(c1)CC(=O)N2C. The van der Waals surface area contributed by atoms with E-state index in [0.29, 0.717) is 13.0 Å². The van der Waals surface area contributed by atoms with Gasteiger partial charge in [0.15, 0.2) is 0 Å². The highest BCUT2D eigenvalue weighted by molar-refractivity contribution is 6.00. The Labute approximate surface area is 111 Å². The Hall–Kier alpha value is -1.92. The highest BCUT2D eigenvalue weighted by atomic mass is 16.5. The molecule has 0 saturated carbocycles. The van der Waals surface area contributed by atoms with Gasteiger partial charge in [0.25, 0.3) is 5.91 Å². The van der Waals surface area contributed by atoms with Crippen molar-refractivity contribution in [1.29, 1.82) is 0 Å². The largest absolute Gasteiger partial charge is 0.367 e. The Morgan fingerprint density at radius 1 is 1.53 bits per heavy atom. The van der Waals surface area contributed by atoms with Crippen molar-refractivity contribution in [3.8, 4) is 0 Å². The number of nitrogens with zero attached hydrogens (tertiary/aromatic N) is 2. The van der Waals surface area contributed by atoms with Gasteiger partial charge in [0.05, 0.1) is 13.0 Å².